The molecule has 0 saturated heterocycles. The molecule has 18 heavy (non-hydrogen) atoms. The molecule has 0 aromatic heterocycles. The molecule has 0 heterocycles. The van der Waals surface area contributed by atoms with Gasteiger partial charge in [-0.3, -0.25) is 0 Å². The van der Waals surface area contributed by atoms with Gasteiger partial charge >= 0.3 is 0 Å². The molecule has 2 aromatic rings. The summed E-state index contributed by atoms with van der Waals surface area (Å²) >= 11 is 7.08. The summed E-state index contributed by atoms with van der Waals surface area (Å²) in [7, 11) is 0. The molecule has 0 saturated carbocycles. The van der Waals surface area contributed by atoms with Crippen molar-refractivity contribution in [2.75, 3.05) is 0 Å². The summed E-state index contributed by atoms with van der Waals surface area (Å²) < 4.78 is 2.16. The van der Waals surface area contributed by atoms with Gasteiger partial charge in [-0.1, -0.05) is 68.3 Å². The normalized spacial score (nSPS) is 12.4. The van der Waals surface area contributed by atoms with Crippen LogP contribution >= 0.6 is 31.9 Å². The summed E-state index contributed by atoms with van der Waals surface area (Å²) in [6.45, 7) is 0. The fraction of sp³-hybridized carbons (Fsp3) is 0.200. The van der Waals surface area contributed by atoms with Gasteiger partial charge in [0.15, 0.2) is 0 Å². The topological polar surface area (TPSA) is 20.2 Å². The molecule has 0 radical (unpaired) electrons. The molecule has 0 bridgehead atoms. The molecule has 1 nitrogen and oxygen atoms in total. The Bertz CT molecular complexity index is 491. The van der Waals surface area contributed by atoms with Crippen molar-refractivity contribution in [3.05, 3.63) is 68.6 Å². The Balaban J connectivity index is 2.04. The Kier molecular flexibility index (Phi) is 4.98. The number of aliphatic hydroxyl groups is 1. The second-order valence-electron chi connectivity index (χ2n) is 4.17. The van der Waals surface area contributed by atoms with Gasteiger partial charge in [0.05, 0.1) is 6.10 Å². The van der Waals surface area contributed by atoms with Crippen molar-refractivity contribution in [2.45, 2.75) is 18.9 Å². The van der Waals surface area contributed by atoms with E-state index in [0.717, 1.165) is 20.9 Å². The Morgan fingerprint density at radius 1 is 0.889 bits per heavy atom. The molecule has 3 heteroatoms. The summed E-state index contributed by atoms with van der Waals surface area (Å²) in [5.41, 5.74) is 2.17. The standard InChI is InChI=1S/C15H14Br2O/c16-13-7-4-8-14(17)12(13)9-10-15(18)11-5-2-1-3-6-11/h1-8,15,18H,9-10H2. The first-order valence-electron chi connectivity index (χ1n) is 5.84. The van der Waals surface area contributed by atoms with Crippen LogP contribution in [0.5, 0.6) is 0 Å². The van der Waals surface area contributed by atoms with Crippen LogP contribution in [0.3, 0.4) is 0 Å². The van der Waals surface area contributed by atoms with Gasteiger partial charge < -0.3 is 5.11 Å². The van der Waals surface area contributed by atoms with E-state index in [4.69, 9.17) is 0 Å². The lowest BCUT2D eigenvalue weighted by molar-refractivity contribution is 0.167. The third-order valence-corrected chi connectivity index (χ3v) is 4.40. The van der Waals surface area contributed by atoms with Crippen molar-refractivity contribution in [1.82, 2.24) is 0 Å². The molecule has 0 aliphatic carbocycles. The molecule has 2 aromatic carbocycles. The first-order valence-corrected chi connectivity index (χ1v) is 7.43. The lowest BCUT2D eigenvalue weighted by atomic mass is 10.0. The number of halogens is 2. The molecule has 0 aliphatic rings. The minimum atomic E-state index is -0.412. The molecule has 0 fully saturated rings. The van der Waals surface area contributed by atoms with Crippen LogP contribution in [-0.2, 0) is 6.42 Å². The van der Waals surface area contributed by atoms with Crippen molar-refractivity contribution in [3.63, 3.8) is 0 Å². The van der Waals surface area contributed by atoms with Gasteiger partial charge in [-0.15, -0.1) is 0 Å². The van der Waals surface area contributed by atoms with Crippen molar-refractivity contribution in [1.29, 1.82) is 0 Å². The van der Waals surface area contributed by atoms with Crippen molar-refractivity contribution in [2.24, 2.45) is 0 Å². The zero-order valence-corrected chi connectivity index (χ0v) is 13.0. The molecule has 1 unspecified atom stereocenters. The van der Waals surface area contributed by atoms with Crippen molar-refractivity contribution in [3.8, 4) is 0 Å². The number of hydrogen-bond donors (Lipinski definition) is 1. The summed E-state index contributed by atoms with van der Waals surface area (Å²) in [6, 6.07) is 15.8. The maximum atomic E-state index is 10.1. The van der Waals surface area contributed by atoms with E-state index in [9.17, 15) is 5.11 Å². The molecule has 0 spiro atoms. The summed E-state index contributed by atoms with van der Waals surface area (Å²) in [5.74, 6) is 0. The van der Waals surface area contributed by atoms with Crippen LogP contribution in [0.1, 0.15) is 23.7 Å². The number of aliphatic hydroxyl groups excluding tert-OH is 1. The quantitative estimate of drug-likeness (QED) is 0.814. The molecular weight excluding hydrogens is 356 g/mol. The number of rotatable bonds is 4. The van der Waals surface area contributed by atoms with E-state index in [-0.39, 0.29) is 0 Å². The maximum absolute atomic E-state index is 10.1. The molecule has 0 amide bonds. The van der Waals surface area contributed by atoms with E-state index in [1.807, 2.05) is 48.5 Å². The fourth-order valence-corrected chi connectivity index (χ4v) is 3.29. The second-order valence-corrected chi connectivity index (χ2v) is 5.87. The van der Waals surface area contributed by atoms with Crippen LogP contribution in [0.2, 0.25) is 0 Å². The minimum Gasteiger partial charge on any atom is -0.388 e. The summed E-state index contributed by atoms with van der Waals surface area (Å²) in [4.78, 5) is 0. The van der Waals surface area contributed by atoms with Gasteiger partial charge in [0, 0.05) is 8.95 Å². The minimum absolute atomic E-state index is 0.412. The molecule has 0 aliphatic heterocycles. The van der Waals surface area contributed by atoms with Gasteiger partial charge in [-0.25, -0.2) is 0 Å². The highest BCUT2D eigenvalue weighted by Crippen LogP contribution is 2.28. The van der Waals surface area contributed by atoms with Gasteiger partial charge in [0.2, 0.25) is 0 Å². The predicted molar refractivity (Wildman–Crippen MR) is 81.6 cm³/mol. The lowest BCUT2D eigenvalue weighted by Crippen LogP contribution is -2.00. The third-order valence-electron chi connectivity index (χ3n) is 2.91. The average molecular weight is 370 g/mol. The van der Waals surface area contributed by atoms with E-state index in [0.29, 0.717) is 6.42 Å². The zero-order valence-electron chi connectivity index (χ0n) is 9.81. The first kappa shape index (κ1) is 13.8. The second kappa shape index (κ2) is 6.50. The Morgan fingerprint density at radius 3 is 2.11 bits per heavy atom. The Hall–Kier alpha value is -0.640. The monoisotopic (exact) mass is 368 g/mol. The summed E-state index contributed by atoms with van der Waals surface area (Å²) in [6.07, 6.45) is 1.13. The zero-order chi connectivity index (χ0) is 13.0. The fourth-order valence-electron chi connectivity index (χ4n) is 1.89. The highest BCUT2D eigenvalue weighted by molar-refractivity contribution is 9.11. The Morgan fingerprint density at radius 2 is 1.50 bits per heavy atom. The van der Waals surface area contributed by atoms with Crippen LogP contribution in [0.15, 0.2) is 57.5 Å². The summed E-state index contributed by atoms with van der Waals surface area (Å²) in [5, 5.41) is 10.1. The molecule has 2 rings (SSSR count). The van der Waals surface area contributed by atoms with Gasteiger partial charge in [0.1, 0.15) is 0 Å². The van der Waals surface area contributed by atoms with Crippen LogP contribution in [0.25, 0.3) is 0 Å². The van der Waals surface area contributed by atoms with Crippen molar-refractivity contribution >= 4 is 31.9 Å². The largest absolute Gasteiger partial charge is 0.388 e. The van der Waals surface area contributed by atoms with E-state index in [2.05, 4.69) is 31.9 Å². The SMILES string of the molecule is OC(CCc1c(Br)cccc1Br)c1ccccc1. The van der Waals surface area contributed by atoms with Gasteiger partial charge in [-0.05, 0) is 36.1 Å². The predicted octanol–water partition coefficient (Wildman–Crippen LogP) is 4.88. The molecule has 94 valence electrons. The average Bonchev–Trinajstić information content (AvgIpc) is 2.39. The highest BCUT2D eigenvalue weighted by atomic mass is 79.9. The van der Waals surface area contributed by atoms with E-state index < -0.39 is 6.10 Å². The van der Waals surface area contributed by atoms with E-state index in [1.165, 1.54) is 5.56 Å². The lowest BCUT2D eigenvalue weighted by Gasteiger charge is -2.12. The van der Waals surface area contributed by atoms with Crippen LogP contribution in [0, 0.1) is 0 Å². The highest BCUT2D eigenvalue weighted by Gasteiger charge is 2.10. The van der Waals surface area contributed by atoms with Gasteiger partial charge in [0.25, 0.3) is 0 Å². The van der Waals surface area contributed by atoms with E-state index in [1.54, 1.807) is 0 Å². The van der Waals surface area contributed by atoms with E-state index >= 15 is 0 Å². The number of hydrogen-bond acceptors (Lipinski definition) is 1. The smallest absolute Gasteiger partial charge is 0.0793 e. The maximum Gasteiger partial charge on any atom is 0.0793 e. The first-order chi connectivity index (χ1) is 8.68. The molecular formula is C15H14Br2O. The van der Waals surface area contributed by atoms with Gasteiger partial charge in [-0.2, -0.15) is 0 Å². The molecule has 1 atom stereocenters. The van der Waals surface area contributed by atoms with Crippen LogP contribution in [0.4, 0.5) is 0 Å². The van der Waals surface area contributed by atoms with Crippen LogP contribution < -0.4 is 0 Å². The Labute approximate surface area is 124 Å². The number of benzene rings is 2. The molecule has 1 N–H and O–H groups in total. The van der Waals surface area contributed by atoms with Crippen molar-refractivity contribution < 1.29 is 5.11 Å². The van der Waals surface area contributed by atoms with Crippen LogP contribution in [-0.4, -0.2) is 5.11 Å². The third kappa shape index (κ3) is 3.44.